The number of aromatic nitrogens is 1. The molecule has 1 aliphatic heterocycles. The Morgan fingerprint density at radius 3 is 2.71 bits per heavy atom. The third kappa shape index (κ3) is 2.48. The van der Waals surface area contributed by atoms with E-state index in [1.54, 1.807) is 30.5 Å². The number of carbonyl (C=O) groups excluding carboxylic acids is 1. The third-order valence-electron chi connectivity index (χ3n) is 3.33. The number of aliphatic hydroxyl groups is 1. The normalized spacial score (nSPS) is 20.8. The predicted octanol–water partition coefficient (Wildman–Crippen LogP) is 2.52. The number of benzene rings is 1. The monoisotopic (exact) mass is 345 g/mol. The summed E-state index contributed by atoms with van der Waals surface area (Å²) >= 11 is 3.35. The highest BCUT2D eigenvalue weighted by Crippen LogP contribution is 2.34. The highest BCUT2D eigenvalue weighted by atomic mass is 79.9. The van der Waals surface area contributed by atoms with Crippen molar-refractivity contribution in [2.75, 3.05) is 0 Å². The number of rotatable bonds is 2. The number of hydrazone groups is 1. The van der Waals surface area contributed by atoms with Crippen molar-refractivity contribution in [2.24, 2.45) is 5.10 Å². The highest BCUT2D eigenvalue weighted by Gasteiger charge is 2.42. The molecule has 1 amide bonds. The molecule has 2 aromatic rings. The second kappa shape index (κ2) is 5.38. The van der Waals surface area contributed by atoms with Crippen LogP contribution in [0.2, 0.25) is 0 Å². The van der Waals surface area contributed by atoms with Crippen LogP contribution in [-0.2, 0) is 5.72 Å². The summed E-state index contributed by atoms with van der Waals surface area (Å²) in [5, 5.41) is 16.0. The van der Waals surface area contributed by atoms with Crippen LogP contribution in [0.3, 0.4) is 0 Å². The molecule has 0 bridgehead atoms. The molecule has 0 fully saturated rings. The molecule has 6 heteroatoms. The molecule has 1 N–H and O–H groups in total. The lowest BCUT2D eigenvalue weighted by molar-refractivity contribution is -0.0764. The summed E-state index contributed by atoms with van der Waals surface area (Å²) in [7, 11) is 0. The minimum absolute atomic E-state index is 0.251. The molecule has 5 nitrogen and oxygen atoms in total. The van der Waals surface area contributed by atoms with Gasteiger partial charge in [-0.1, -0.05) is 28.1 Å². The van der Waals surface area contributed by atoms with Crippen molar-refractivity contribution in [3.8, 4) is 0 Å². The first-order valence-corrected chi connectivity index (χ1v) is 7.16. The number of pyridine rings is 1. The third-order valence-corrected chi connectivity index (χ3v) is 3.86. The van der Waals surface area contributed by atoms with Crippen LogP contribution < -0.4 is 0 Å². The summed E-state index contributed by atoms with van der Waals surface area (Å²) < 4.78 is 0.902. The van der Waals surface area contributed by atoms with Crippen molar-refractivity contribution in [3.05, 3.63) is 64.4 Å². The minimum Gasteiger partial charge on any atom is -0.365 e. The number of halogens is 1. The number of carbonyl (C=O) groups is 1. The Morgan fingerprint density at radius 1 is 1.29 bits per heavy atom. The van der Waals surface area contributed by atoms with Gasteiger partial charge >= 0.3 is 0 Å². The quantitative estimate of drug-likeness (QED) is 0.909. The van der Waals surface area contributed by atoms with Gasteiger partial charge in [0, 0.05) is 35.1 Å². The first-order valence-electron chi connectivity index (χ1n) is 6.37. The van der Waals surface area contributed by atoms with E-state index in [4.69, 9.17) is 0 Å². The molecule has 3 rings (SSSR count). The first kappa shape index (κ1) is 13.9. The van der Waals surface area contributed by atoms with Gasteiger partial charge < -0.3 is 5.11 Å². The summed E-state index contributed by atoms with van der Waals surface area (Å²) in [6.07, 6.45) is 4.83. The van der Waals surface area contributed by atoms with Crippen molar-refractivity contribution in [1.29, 1.82) is 0 Å². The number of hydrogen-bond donors (Lipinski definition) is 1. The lowest BCUT2D eigenvalue weighted by Crippen LogP contribution is -2.43. The molecule has 0 saturated heterocycles. The summed E-state index contributed by atoms with van der Waals surface area (Å²) in [6.45, 7) is 0. The van der Waals surface area contributed by atoms with Crippen LogP contribution in [-0.4, -0.2) is 27.2 Å². The minimum atomic E-state index is -1.46. The van der Waals surface area contributed by atoms with Gasteiger partial charge in [-0.3, -0.25) is 9.78 Å². The van der Waals surface area contributed by atoms with E-state index in [1.807, 2.05) is 12.1 Å². The Labute approximate surface area is 130 Å². The van der Waals surface area contributed by atoms with Gasteiger partial charge in [-0.2, -0.15) is 10.1 Å². The summed E-state index contributed by atoms with van der Waals surface area (Å²) in [6, 6.07) is 10.5. The largest absolute Gasteiger partial charge is 0.365 e. The smallest absolute Gasteiger partial charge is 0.278 e. The topological polar surface area (TPSA) is 65.8 Å². The Hall–Kier alpha value is -2.05. The lowest BCUT2D eigenvalue weighted by Gasteiger charge is -2.31. The average Bonchev–Trinajstić information content (AvgIpc) is 2.91. The van der Waals surface area contributed by atoms with E-state index in [0.29, 0.717) is 11.1 Å². The van der Waals surface area contributed by atoms with Crippen LogP contribution in [0.25, 0.3) is 0 Å². The maximum absolute atomic E-state index is 12.5. The van der Waals surface area contributed by atoms with E-state index >= 15 is 0 Å². The van der Waals surface area contributed by atoms with Crippen molar-refractivity contribution in [1.82, 2.24) is 9.99 Å². The van der Waals surface area contributed by atoms with E-state index < -0.39 is 5.72 Å². The van der Waals surface area contributed by atoms with Gasteiger partial charge in [0.1, 0.15) is 0 Å². The van der Waals surface area contributed by atoms with Gasteiger partial charge in [0.25, 0.3) is 5.91 Å². The van der Waals surface area contributed by atoms with Crippen molar-refractivity contribution in [2.45, 2.75) is 12.1 Å². The second-order valence-electron chi connectivity index (χ2n) is 4.68. The molecule has 2 heterocycles. The molecular weight excluding hydrogens is 334 g/mol. The standard InChI is InChI=1S/C15H12BrN3O2/c16-13-5-3-12(4-6-13)15(21)7-9-18-19(15)14(20)11-2-1-8-17-10-11/h1-6,8-10,21H,7H2/t15-/m1/s1. The van der Waals surface area contributed by atoms with Crippen LogP contribution in [0.15, 0.2) is 58.4 Å². The van der Waals surface area contributed by atoms with Gasteiger partial charge in [0.05, 0.1) is 5.56 Å². The fourth-order valence-corrected chi connectivity index (χ4v) is 2.49. The van der Waals surface area contributed by atoms with Crippen molar-refractivity contribution < 1.29 is 9.90 Å². The SMILES string of the molecule is O=C(c1cccnc1)N1N=CC[C@@]1(O)c1ccc(Br)cc1. The summed E-state index contributed by atoms with van der Waals surface area (Å²) in [4.78, 5) is 16.4. The molecule has 0 aliphatic carbocycles. The second-order valence-corrected chi connectivity index (χ2v) is 5.60. The number of amides is 1. The zero-order chi connectivity index (χ0) is 14.9. The Kier molecular flexibility index (Phi) is 3.57. The van der Waals surface area contributed by atoms with E-state index in [0.717, 1.165) is 9.48 Å². The van der Waals surface area contributed by atoms with E-state index in [9.17, 15) is 9.90 Å². The van der Waals surface area contributed by atoms with E-state index in [2.05, 4.69) is 26.0 Å². The van der Waals surface area contributed by atoms with Gasteiger partial charge in [0.2, 0.25) is 0 Å². The van der Waals surface area contributed by atoms with Crippen LogP contribution in [0, 0.1) is 0 Å². The molecular formula is C15H12BrN3O2. The van der Waals surface area contributed by atoms with Crippen molar-refractivity contribution >= 4 is 28.1 Å². The zero-order valence-corrected chi connectivity index (χ0v) is 12.6. The number of hydrogen-bond acceptors (Lipinski definition) is 4. The molecule has 1 atom stereocenters. The average molecular weight is 346 g/mol. The van der Waals surface area contributed by atoms with Gasteiger partial charge in [0.15, 0.2) is 5.72 Å². The number of nitrogens with zero attached hydrogens (tertiary/aromatic N) is 3. The molecule has 0 saturated carbocycles. The Balaban J connectivity index is 1.96. The lowest BCUT2D eigenvalue weighted by atomic mass is 9.99. The zero-order valence-electron chi connectivity index (χ0n) is 11.0. The van der Waals surface area contributed by atoms with Crippen LogP contribution in [0.1, 0.15) is 22.3 Å². The highest BCUT2D eigenvalue weighted by molar-refractivity contribution is 9.10. The van der Waals surface area contributed by atoms with E-state index in [1.165, 1.54) is 12.4 Å². The molecule has 0 spiro atoms. The molecule has 1 aliphatic rings. The summed E-state index contributed by atoms with van der Waals surface area (Å²) in [5.41, 5.74) is -0.472. The van der Waals surface area contributed by atoms with Crippen LogP contribution >= 0.6 is 15.9 Å². The summed E-state index contributed by atoms with van der Waals surface area (Å²) in [5.74, 6) is -0.387. The first-order chi connectivity index (χ1) is 10.1. The van der Waals surface area contributed by atoms with Crippen LogP contribution in [0.4, 0.5) is 0 Å². The Bertz CT molecular complexity index is 688. The van der Waals surface area contributed by atoms with Crippen molar-refractivity contribution in [3.63, 3.8) is 0 Å². The molecule has 0 unspecified atom stereocenters. The fraction of sp³-hybridized carbons (Fsp3) is 0.133. The van der Waals surface area contributed by atoms with Gasteiger partial charge in [-0.25, -0.2) is 0 Å². The van der Waals surface area contributed by atoms with E-state index in [-0.39, 0.29) is 12.3 Å². The molecule has 1 aromatic carbocycles. The predicted molar refractivity (Wildman–Crippen MR) is 81.6 cm³/mol. The molecule has 1 aromatic heterocycles. The Morgan fingerprint density at radius 2 is 2.05 bits per heavy atom. The van der Waals surface area contributed by atoms with Gasteiger partial charge in [-0.05, 0) is 24.3 Å². The molecule has 106 valence electrons. The van der Waals surface area contributed by atoms with Crippen LogP contribution in [0.5, 0.6) is 0 Å². The molecule has 21 heavy (non-hydrogen) atoms. The molecule has 0 radical (unpaired) electrons. The maximum atomic E-state index is 12.5. The fourth-order valence-electron chi connectivity index (χ4n) is 2.22. The maximum Gasteiger partial charge on any atom is 0.278 e. The van der Waals surface area contributed by atoms with Gasteiger partial charge in [-0.15, -0.1) is 0 Å².